The van der Waals surface area contributed by atoms with E-state index < -0.39 is 23.4 Å². The van der Waals surface area contributed by atoms with E-state index in [4.69, 9.17) is 0 Å². The Labute approximate surface area is 293 Å². The quantitative estimate of drug-likeness (QED) is 0.0871. The van der Waals surface area contributed by atoms with E-state index in [0.717, 1.165) is 35.2 Å². The molecule has 0 aliphatic heterocycles. The van der Waals surface area contributed by atoms with E-state index in [-0.39, 0.29) is 39.0 Å². The van der Waals surface area contributed by atoms with Crippen molar-refractivity contribution < 1.29 is 37.1 Å². The second-order valence-corrected chi connectivity index (χ2v) is 17.4. The third-order valence-electron chi connectivity index (χ3n) is 9.08. The van der Waals surface area contributed by atoms with Crippen LogP contribution >= 0.6 is 15.8 Å². The van der Waals surface area contributed by atoms with Crippen molar-refractivity contribution in [1.29, 1.82) is 0 Å². The van der Waals surface area contributed by atoms with Gasteiger partial charge in [0.15, 0.2) is 0 Å². The van der Waals surface area contributed by atoms with Crippen LogP contribution in [-0.4, -0.2) is 19.9 Å². The van der Waals surface area contributed by atoms with Crippen molar-refractivity contribution in [2.45, 2.75) is 52.1 Å². The topological polar surface area (TPSA) is 0 Å². The molecule has 46 heavy (non-hydrogen) atoms. The van der Waals surface area contributed by atoms with Crippen LogP contribution in [0, 0.1) is 44.4 Å². The molecule has 1 saturated carbocycles. The van der Waals surface area contributed by atoms with Crippen molar-refractivity contribution >= 4 is 44.6 Å². The van der Waals surface area contributed by atoms with Gasteiger partial charge < -0.3 is 19.6 Å². The third-order valence-corrected chi connectivity index (χ3v) is 15.2. The van der Waals surface area contributed by atoms with Gasteiger partial charge in [0.1, 0.15) is 29.1 Å². The van der Waals surface area contributed by atoms with Crippen LogP contribution < -0.4 is 25.9 Å². The van der Waals surface area contributed by atoms with Gasteiger partial charge >= 0.3 is 27.0 Å². The van der Waals surface area contributed by atoms with Crippen molar-refractivity contribution in [2.75, 3.05) is 6.66 Å². The van der Waals surface area contributed by atoms with Crippen molar-refractivity contribution in [3.8, 4) is 0 Å². The minimum atomic E-state index is -3.67. The van der Waals surface area contributed by atoms with Gasteiger partial charge in [-0.3, -0.25) is 12.9 Å². The molecule has 0 nitrogen and oxygen atoms in total. The molecule has 0 aromatic heterocycles. The van der Waals surface area contributed by atoms with E-state index >= 15 is 0 Å². The smallest absolute Gasteiger partial charge is 1.00 e. The average Bonchev–Trinajstić information content (AvgIpc) is 3.65. The minimum Gasteiger partial charge on any atom is -1.00 e. The summed E-state index contributed by atoms with van der Waals surface area (Å²) in [5.74, 6) is 4.17. The summed E-state index contributed by atoms with van der Waals surface area (Å²) in [6, 6.07) is 32.0. The first-order chi connectivity index (χ1) is 20.2. The predicted molar refractivity (Wildman–Crippen MR) is 197 cm³/mol. The predicted octanol–water partition coefficient (Wildman–Crippen LogP) is 6.64. The van der Waals surface area contributed by atoms with Gasteiger partial charge in [-0.25, -0.2) is 0 Å². The number of rotatable bonds is 6. The van der Waals surface area contributed by atoms with Gasteiger partial charge in [0, 0.05) is 7.92 Å². The summed E-state index contributed by atoms with van der Waals surface area (Å²) in [6.45, 7) is 10.0. The van der Waals surface area contributed by atoms with Crippen LogP contribution in [0.3, 0.4) is 0 Å². The molecule has 2 bridgehead atoms. The molecule has 1 unspecified atom stereocenters. The van der Waals surface area contributed by atoms with Crippen LogP contribution in [-0.2, 0) is 19.5 Å². The van der Waals surface area contributed by atoms with Gasteiger partial charge in [-0.1, -0.05) is 100 Å². The molecule has 8 heteroatoms. The monoisotopic (exact) mass is 760 g/mol. The molecule has 4 atom stereocenters. The van der Waals surface area contributed by atoms with E-state index in [1.54, 1.807) is 10.6 Å². The molecule has 3 aliphatic carbocycles. The zero-order valence-electron chi connectivity index (χ0n) is 28.1. The Balaban J connectivity index is 0.00000114. The Bertz CT molecular complexity index is 1220. The first-order valence-electron chi connectivity index (χ1n) is 15.4. The minimum absolute atomic E-state index is 0. The zero-order chi connectivity index (χ0) is 30.1. The van der Waals surface area contributed by atoms with Crippen LogP contribution in [0.2, 0.25) is 0 Å². The molecule has 6 rings (SSSR count). The summed E-state index contributed by atoms with van der Waals surface area (Å²) in [5.41, 5.74) is 0.879. The molecular weight excluding hydrogens is 708 g/mol. The van der Waals surface area contributed by atoms with Gasteiger partial charge in [-0.15, -0.1) is 0 Å². The Morgan fingerprint density at radius 1 is 0.674 bits per heavy atom. The fourth-order valence-corrected chi connectivity index (χ4v) is 13.8. The summed E-state index contributed by atoms with van der Waals surface area (Å²) in [5, 5.41) is 6.32. The van der Waals surface area contributed by atoms with E-state index in [9.17, 15) is 12.9 Å². The summed E-state index contributed by atoms with van der Waals surface area (Å²) in [6.07, 6.45) is 14.8. The standard InChI is InChI=1S/C29H36P2.C7H8.2CH3.BF3.FH.Rh/c1-22(2)26-20-19-23(3)21-29(26)30(4)27-17-11-12-18-28(27)31(24-13-7-5-8-14-24)25-15-9-6-10-16-25;1-2-7-4-3-6(1)5-7;;;2-1(3)4;;/h5-18,22-23,26,29H,19-21H2,1-4H3;1-4,6-7H,5H2;2*1H3;;1H;/q;;2*-1;;;+3/p+1/t23-,26+,29-,30?;;;;;;/m1....../s1. The molecule has 0 amide bonds. The first-order valence-corrected chi connectivity index (χ1v) is 19.0. The number of benzene rings is 3. The summed E-state index contributed by atoms with van der Waals surface area (Å²) >= 11 is 0. The number of halogens is 4. The van der Waals surface area contributed by atoms with Crippen molar-refractivity contribution in [3.05, 3.63) is 124 Å². The van der Waals surface area contributed by atoms with Crippen molar-refractivity contribution in [2.24, 2.45) is 29.6 Å². The van der Waals surface area contributed by atoms with Gasteiger partial charge in [0.05, 0.1) is 12.3 Å². The number of hydrogen-bond donors (Lipinski definition) is 0. The maximum Gasteiger partial charge on any atom is 3.00 e. The second-order valence-electron chi connectivity index (χ2n) is 12.3. The maximum absolute atomic E-state index is 9.67. The fraction of sp³-hybridized carbons (Fsp3) is 0.368. The molecule has 0 N–H and O–H groups in total. The van der Waals surface area contributed by atoms with Crippen LogP contribution in [0.1, 0.15) is 46.5 Å². The zero-order valence-corrected chi connectivity index (χ0v) is 31.7. The molecule has 3 aromatic carbocycles. The molecule has 252 valence electrons. The number of fused-ring (bicyclic) bond motifs is 2. The Hall–Kier alpha value is -1.59. The second kappa shape index (κ2) is 22.1. The summed E-state index contributed by atoms with van der Waals surface area (Å²) in [4.78, 5) is 0. The number of allylic oxidation sites excluding steroid dienone is 4. The van der Waals surface area contributed by atoms with Crippen molar-refractivity contribution in [1.82, 2.24) is 0 Å². The average molecular weight is 760 g/mol. The number of hydrogen-bond acceptors (Lipinski definition) is 0. The molecule has 0 spiro atoms. The third kappa shape index (κ3) is 12.5. The van der Waals surface area contributed by atoms with E-state index in [1.807, 2.05) is 0 Å². The Morgan fingerprint density at radius 3 is 1.48 bits per heavy atom. The molecular formula is C38H52BF4P2Rh+2. The van der Waals surface area contributed by atoms with Gasteiger partial charge in [0.2, 0.25) is 0 Å². The molecule has 3 aliphatic rings. The van der Waals surface area contributed by atoms with E-state index in [2.05, 4.69) is 137 Å². The van der Waals surface area contributed by atoms with Gasteiger partial charge in [-0.2, -0.15) is 0 Å². The molecule has 0 heterocycles. The van der Waals surface area contributed by atoms with Gasteiger partial charge in [-0.05, 0) is 85.3 Å². The summed E-state index contributed by atoms with van der Waals surface area (Å²) in [7, 11) is -5.34. The normalized spacial score (nSPS) is 22.4. The molecule has 0 saturated heterocycles. The molecule has 1 fully saturated rings. The van der Waals surface area contributed by atoms with Crippen LogP contribution in [0.15, 0.2) is 109 Å². The van der Waals surface area contributed by atoms with Crippen molar-refractivity contribution in [3.63, 3.8) is 0 Å². The van der Waals surface area contributed by atoms with Crippen LogP contribution in [0.5, 0.6) is 0 Å². The SMILES string of the molecule is C1=CC2C=CC1C2.CC(C)[C@@H]1CC[C@@H](C)C[C@H]1[PH+](C)c1ccccc1[PH+](c1ccccc1)c1ccccc1.FB(F)F.[CH3-].[CH3-].[F-].[Rh+3]. The summed E-state index contributed by atoms with van der Waals surface area (Å²) < 4.78 is 29.0. The Kier molecular flexibility index (Phi) is 21.4. The Morgan fingerprint density at radius 2 is 1.09 bits per heavy atom. The largest absolute Gasteiger partial charge is 3.00 e. The van der Waals surface area contributed by atoms with Crippen LogP contribution in [0.4, 0.5) is 12.9 Å². The first kappa shape index (κ1) is 44.4. The fourth-order valence-electron chi connectivity index (χ4n) is 6.96. The maximum atomic E-state index is 9.67. The van der Waals surface area contributed by atoms with E-state index in [1.165, 1.54) is 36.3 Å². The van der Waals surface area contributed by atoms with Gasteiger partial charge in [0.25, 0.3) is 0 Å². The van der Waals surface area contributed by atoms with E-state index in [0.29, 0.717) is 0 Å². The molecule has 3 aromatic rings. The molecule has 0 radical (unpaired) electrons. The van der Waals surface area contributed by atoms with Crippen LogP contribution in [0.25, 0.3) is 0 Å².